The van der Waals surface area contributed by atoms with Crippen molar-refractivity contribution in [2.45, 2.75) is 13.0 Å². The second kappa shape index (κ2) is 6.83. The SMILES string of the molecule is C[C@H](C(=O)Nc1ccc2c(c1)OCO2)N(c1ccccc1F)S(C)(=O)=O. The summed E-state index contributed by atoms with van der Waals surface area (Å²) in [7, 11) is -3.90. The topological polar surface area (TPSA) is 84.9 Å². The molecule has 1 aliphatic rings. The van der Waals surface area contributed by atoms with Crippen molar-refractivity contribution in [3.63, 3.8) is 0 Å². The smallest absolute Gasteiger partial charge is 0.247 e. The summed E-state index contributed by atoms with van der Waals surface area (Å²) in [5, 5.41) is 2.61. The van der Waals surface area contributed by atoms with Crippen LogP contribution in [0.3, 0.4) is 0 Å². The molecule has 1 heterocycles. The number of halogens is 1. The third-order valence-corrected chi connectivity index (χ3v) is 5.05. The van der Waals surface area contributed by atoms with Crippen molar-refractivity contribution < 1.29 is 27.1 Å². The lowest BCUT2D eigenvalue weighted by molar-refractivity contribution is -0.116. The molecule has 0 radical (unpaired) electrons. The van der Waals surface area contributed by atoms with E-state index >= 15 is 0 Å². The average Bonchev–Trinajstić information content (AvgIpc) is 3.03. The van der Waals surface area contributed by atoms with Gasteiger partial charge in [-0.25, -0.2) is 12.8 Å². The van der Waals surface area contributed by atoms with Crippen LogP contribution in [0.25, 0.3) is 0 Å². The molecule has 0 aliphatic carbocycles. The Morgan fingerprint density at radius 3 is 2.58 bits per heavy atom. The molecule has 1 N–H and O–H groups in total. The number of anilines is 2. The Balaban J connectivity index is 1.86. The Morgan fingerprint density at radius 2 is 1.88 bits per heavy atom. The highest BCUT2D eigenvalue weighted by Gasteiger charge is 2.31. The van der Waals surface area contributed by atoms with Gasteiger partial charge >= 0.3 is 0 Å². The first-order chi connectivity index (χ1) is 12.3. The number of hydrogen-bond acceptors (Lipinski definition) is 5. The lowest BCUT2D eigenvalue weighted by Crippen LogP contribution is -2.45. The minimum absolute atomic E-state index is 0.0955. The number of nitrogens with zero attached hydrogens (tertiary/aromatic N) is 1. The van der Waals surface area contributed by atoms with Crippen LogP contribution < -0.4 is 19.1 Å². The molecule has 1 amide bonds. The summed E-state index contributed by atoms with van der Waals surface area (Å²) in [5.41, 5.74) is 0.219. The summed E-state index contributed by atoms with van der Waals surface area (Å²) in [4.78, 5) is 12.6. The third-order valence-electron chi connectivity index (χ3n) is 3.82. The quantitative estimate of drug-likeness (QED) is 0.861. The Bertz CT molecular complexity index is 948. The summed E-state index contributed by atoms with van der Waals surface area (Å²) >= 11 is 0. The number of rotatable bonds is 5. The molecule has 0 spiro atoms. The number of fused-ring (bicyclic) bond motifs is 1. The van der Waals surface area contributed by atoms with Gasteiger partial charge in [0.15, 0.2) is 11.5 Å². The molecule has 0 aromatic heterocycles. The maximum Gasteiger partial charge on any atom is 0.247 e. The summed E-state index contributed by atoms with van der Waals surface area (Å²) in [6, 6.07) is 9.01. The summed E-state index contributed by atoms with van der Waals surface area (Å²) < 4.78 is 49.6. The van der Waals surface area contributed by atoms with Gasteiger partial charge in [-0.2, -0.15) is 0 Å². The molecular formula is C17H17FN2O5S. The predicted octanol–water partition coefficient (Wildman–Crippen LogP) is 2.35. The van der Waals surface area contributed by atoms with Crippen LogP contribution in [0.5, 0.6) is 11.5 Å². The molecule has 2 aromatic rings. The number of benzene rings is 2. The van der Waals surface area contributed by atoms with Crippen molar-refractivity contribution in [1.82, 2.24) is 0 Å². The van der Waals surface area contributed by atoms with Gasteiger partial charge in [0, 0.05) is 11.8 Å². The number of ether oxygens (including phenoxy) is 2. The first kappa shape index (κ1) is 18.0. The fourth-order valence-corrected chi connectivity index (χ4v) is 3.81. The van der Waals surface area contributed by atoms with E-state index in [9.17, 15) is 17.6 Å². The summed E-state index contributed by atoms with van der Waals surface area (Å²) in [6.45, 7) is 1.48. The van der Waals surface area contributed by atoms with Crippen molar-refractivity contribution >= 4 is 27.3 Å². The van der Waals surface area contributed by atoms with E-state index in [2.05, 4.69) is 5.32 Å². The van der Waals surface area contributed by atoms with Gasteiger partial charge in [0.2, 0.25) is 22.7 Å². The van der Waals surface area contributed by atoms with Gasteiger partial charge in [-0.05, 0) is 31.2 Å². The van der Waals surface area contributed by atoms with E-state index < -0.39 is 27.8 Å². The molecule has 3 rings (SSSR count). The minimum Gasteiger partial charge on any atom is -0.454 e. The zero-order valence-corrected chi connectivity index (χ0v) is 14.9. The van der Waals surface area contributed by atoms with E-state index in [1.165, 1.54) is 25.1 Å². The van der Waals surface area contributed by atoms with Crippen molar-refractivity contribution in [2.24, 2.45) is 0 Å². The molecule has 7 nitrogen and oxygen atoms in total. The molecule has 138 valence electrons. The number of sulfonamides is 1. The Labute approximate surface area is 150 Å². The number of carbonyl (C=O) groups is 1. The maximum atomic E-state index is 14.1. The zero-order chi connectivity index (χ0) is 18.9. The van der Waals surface area contributed by atoms with E-state index in [0.29, 0.717) is 17.2 Å². The monoisotopic (exact) mass is 380 g/mol. The number of para-hydroxylation sites is 1. The van der Waals surface area contributed by atoms with Crippen LogP contribution in [0.15, 0.2) is 42.5 Å². The molecule has 2 aromatic carbocycles. The van der Waals surface area contributed by atoms with Crippen molar-refractivity contribution in [1.29, 1.82) is 0 Å². The largest absolute Gasteiger partial charge is 0.454 e. The first-order valence-corrected chi connectivity index (χ1v) is 9.56. The van der Waals surface area contributed by atoms with Crippen molar-refractivity contribution in [3.05, 3.63) is 48.3 Å². The van der Waals surface area contributed by atoms with Crippen LogP contribution in [-0.2, 0) is 14.8 Å². The van der Waals surface area contributed by atoms with Gasteiger partial charge in [0.05, 0.1) is 11.9 Å². The molecule has 0 unspecified atom stereocenters. The summed E-state index contributed by atoms with van der Waals surface area (Å²) in [6.07, 6.45) is 0.920. The van der Waals surface area contributed by atoms with E-state index in [4.69, 9.17) is 9.47 Å². The lowest BCUT2D eigenvalue weighted by atomic mass is 10.2. The van der Waals surface area contributed by atoms with E-state index in [1.54, 1.807) is 18.2 Å². The second-order valence-electron chi connectivity index (χ2n) is 5.74. The highest BCUT2D eigenvalue weighted by molar-refractivity contribution is 7.92. The van der Waals surface area contributed by atoms with Gasteiger partial charge in [0.1, 0.15) is 11.9 Å². The standard InChI is InChI=1S/C17H17FN2O5S/c1-11(20(26(2,22)23)14-6-4-3-5-13(14)18)17(21)19-12-7-8-15-16(9-12)25-10-24-15/h3-9,11H,10H2,1-2H3,(H,19,21)/t11-/m1/s1. The maximum absolute atomic E-state index is 14.1. The van der Waals surface area contributed by atoms with Gasteiger partial charge in [0.25, 0.3) is 0 Å². The third kappa shape index (κ3) is 3.57. The molecular weight excluding hydrogens is 363 g/mol. The molecule has 0 saturated carbocycles. The van der Waals surface area contributed by atoms with Crippen molar-refractivity contribution in [2.75, 3.05) is 22.7 Å². The molecule has 26 heavy (non-hydrogen) atoms. The van der Waals surface area contributed by atoms with E-state index in [1.807, 2.05) is 0 Å². The van der Waals surface area contributed by atoms with Crippen LogP contribution >= 0.6 is 0 Å². The van der Waals surface area contributed by atoms with Crippen LogP contribution in [0.1, 0.15) is 6.92 Å². The van der Waals surface area contributed by atoms with Crippen LogP contribution in [-0.4, -0.2) is 33.4 Å². The van der Waals surface area contributed by atoms with Gasteiger partial charge in [-0.3, -0.25) is 9.10 Å². The predicted molar refractivity (Wildman–Crippen MR) is 94.4 cm³/mol. The first-order valence-electron chi connectivity index (χ1n) is 7.72. The summed E-state index contributed by atoms with van der Waals surface area (Å²) in [5.74, 6) is -0.317. The fourth-order valence-electron chi connectivity index (χ4n) is 2.63. The molecule has 9 heteroatoms. The van der Waals surface area contributed by atoms with Gasteiger partial charge < -0.3 is 14.8 Å². The lowest BCUT2D eigenvalue weighted by Gasteiger charge is -2.28. The van der Waals surface area contributed by atoms with Crippen LogP contribution in [0.4, 0.5) is 15.8 Å². The van der Waals surface area contributed by atoms with Crippen LogP contribution in [0.2, 0.25) is 0 Å². The molecule has 0 saturated heterocycles. The molecule has 0 fully saturated rings. The average molecular weight is 380 g/mol. The molecule has 1 aliphatic heterocycles. The minimum atomic E-state index is -3.90. The Morgan fingerprint density at radius 1 is 1.19 bits per heavy atom. The Kier molecular flexibility index (Phi) is 4.73. The normalized spacial score (nSPS) is 14.0. The van der Waals surface area contributed by atoms with Crippen molar-refractivity contribution in [3.8, 4) is 11.5 Å². The Hall–Kier alpha value is -2.81. The van der Waals surface area contributed by atoms with Gasteiger partial charge in [-0.15, -0.1) is 0 Å². The molecule has 0 bridgehead atoms. The number of amides is 1. The highest BCUT2D eigenvalue weighted by atomic mass is 32.2. The highest BCUT2D eigenvalue weighted by Crippen LogP contribution is 2.34. The number of hydrogen-bond donors (Lipinski definition) is 1. The van der Waals surface area contributed by atoms with Crippen LogP contribution in [0, 0.1) is 5.82 Å². The fraction of sp³-hybridized carbons (Fsp3) is 0.235. The second-order valence-corrected chi connectivity index (χ2v) is 7.60. The molecule has 1 atom stereocenters. The van der Waals surface area contributed by atoms with E-state index in [0.717, 1.165) is 16.6 Å². The van der Waals surface area contributed by atoms with E-state index in [-0.39, 0.29) is 12.5 Å². The zero-order valence-electron chi connectivity index (χ0n) is 14.1. The van der Waals surface area contributed by atoms with Gasteiger partial charge in [-0.1, -0.05) is 12.1 Å². The number of nitrogens with one attached hydrogen (secondary N) is 1. The number of carbonyl (C=O) groups excluding carboxylic acids is 1.